The van der Waals surface area contributed by atoms with Crippen molar-refractivity contribution in [1.82, 2.24) is 0 Å². The van der Waals surface area contributed by atoms with Crippen LogP contribution in [0.4, 0.5) is 0 Å². The van der Waals surface area contributed by atoms with Crippen LogP contribution in [0.1, 0.15) is 105 Å². The number of hydrogen-bond donors (Lipinski definition) is 1. The lowest BCUT2D eigenvalue weighted by atomic mass is 10.0. The fraction of sp³-hybridized carbons (Fsp3) is 1.00. The van der Waals surface area contributed by atoms with E-state index in [0.29, 0.717) is 0 Å². The van der Waals surface area contributed by atoms with Gasteiger partial charge in [0.15, 0.2) is 0 Å². The van der Waals surface area contributed by atoms with Crippen LogP contribution in [-0.4, -0.2) is 18.1 Å². The van der Waals surface area contributed by atoms with Crippen molar-refractivity contribution in [2.24, 2.45) is 11.8 Å². The van der Waals surface area contributed by atoms with Crippen LogP contribution in [0.2, 0.25) is 0 Å². The Kier molecular flexibility index (Phi) is 18.1. The molecule has 27 heavy (non-hydrogen) atoms. The van der Waals surface area contributed by atoms with E-state index in [2.05, 4.69) is 37.0 Å². The van der Waals surface area contributed by atoms with E-state index in [1.807, 2.05) is 0 Å². The molecule has 6 nitrogen and oxygen atoms in total. The lowest BCUT2D eigenvalue weighted by Gasteiger charge is -2.10. The van der Waals surface area contributed by atoms with Gasteiger partial charge in [0, 0.05) is 0 Å². The van der Waals surface area contributed by atoms with E-state index in [9.17, 15) is 9.46 Å². The monoisotopic (exact) mass is 410 g/mol. The second-order valence-corrected chi connectivity index (χ2v) is 9.40. The average molecular weight is 411 g/mol. The Balaban J connectivity index is 3.37. The van der Waals surface area contributed by atoms with E-state index in [0.717, 1.165) is 50.4 Å². The Bertz CT molecular complexity index is 332. The van der Waals surface area contributed by atoms with Crippen molar-refractivity contribution >= 4 is 7.82 Å². The summed E-state index contributed by atoms with van der Waals surface area (Å²) in [6.07, 6.45) is 13.4. The van der Waals surface area contributed by atoms with Gasteiger partial charge in [0.25, 0.3) is 0 Å². The highest BCUT2D eigenvalue weighted by Gasteiger charge is 2.24. The van der Waals surface area contributed by atoms with E-state index in [-0.39, 0.29) is 13.2 Å². The molecule has 0 rings (SSSR count). The predicted molar refractivity (Wildman–Crippen MR) is 109 cm³/mol. The smallest absolute Gasteiger partial charge is 0.299 e. The zero-order valence-electron chi connectivity index (χ0n) is 18.0. The molecule has 0 aliphatic carbocycles. The van der Waals surface area contributed by atoms with E-state index in [1.54, 1.807) is 0 Å². The highest BCUT2D eigenvalue weighted by Crippen LogP contribution is 2.43. The van der Waals surface area contributed by atoms with E-state index >= 15 is 0 Å². The zero-order chi connectivity index (χ0) is 20.4. The average Bonchev–Trinajstić information content (AvgIpc) is 2.58. The summed E-state index contributed by atoms with van der Waals surface area (Å²) < 4.78 is 20.4. The van der Waals surface area contributed by atoms with Crippen LogP contribution in [0.15, 0.2) is 0 Å². The van der Waals surface area contributed by atoms with Gasteiger partial charge >= 0.3 is 7.82 Å². The van der Waals surface area contributed by atoms with Gasteiger partial charge in [-0.1, -0.05) is 91.9 Å². The molecule has 1 N–H and O–H groups in total. The molecule has 0 bridgehead atoms. The summed E-state index contributed by atoms with van der Waals surface area (Å²) in [6, 6.07) is 0. The maximum atomic E-state index is 11.6. The first-order valence-corrected chi connectivity index (χ1v) is 12.3. The van der Waals surface area contributed by atoms with Crippen molar-refractivity contribution in [3.05, 3.63) is 0 Å². The summed E-state index contributed by atoms with van der Waals surface area (Å²) in [5.41, 5.74) is 0. The zero-order valence-corrected chi connectivity index (χ0v) is 18.9. The third-order valence-corrected chi connectivity index (χ3v) is 4.90. The SMILES string of the molecule is CC(C)CCCCCCCOOP(=O)(O)OOCCCCCCCC(C)C. The van der Waals surface area contributed by atoms with Gasteiger partial charge in [0.1, 0.15) is 0 Å². The molecule has 0 saturated carbocycles. The molecule has 0 amide bonds. The van der Waals surface area contributed by atoms with Crippen LogP contribution in [0, 0.1) is 11.8 Å². The third kappa shape index (κ3) is 22.2. The molecule has 0 aromatic carbocycles. The van der Waals surface area contributed by atoms with Gasteiger partial charge in [0.05, 0.1) is 13.2 Å². The van der Waals surface area contributed by atoms with Crippen LogP contribution in [-0.2, 0) is 23.7 Å². The van der Waals surface area contributed by atoms with Crippen molar-refractivity contribution in [2.45, 2.75) is 105 Å². The van der Waals surface area contributed by atoms with E-state index in [4.69, 9.17) is 9.78 Å². The van der Waals surface area contributed by atoms with Crippen LogP contribution in [0.5, 0.6) is 0 Å². The molecule has 164 valence electrons. The van der Waals surface area contributed by atoms with Gasteiger partial charge in [0.2, 0.25) is 0 Å². The number of hydrogen-bond acceptors (Lipinski definition) is 5. The van der Waals surface area contributed by atoms with Crippen molar-refractivity contribution in [2.75, 3.05) is 13.2 Å². The quantitative estimate of drug-likeness (QED) is 0.101. The molecule has 0 fully saturated rings. The summed E-state index contributed by atoms with van der Waals surface area (Å²) in [5, 5.41) is 0. The highest BCUT2D eigenvalue weighted by molar-refractivity contribution is 7.47. The van der Waals surface area contributed by atoms with E-state index < -0.39 is 7.82 Å². The summed E-state index contributed by atoms with van der Waals surface area (Å²) in [5.74, 6) is 1.52. The second-order valence-electron chi connectivity index (χ2n) is 8.16. The molecule has 0 aromatic rings. The van der Waals surface area contributed by atoms with Crippen molar-refractivity contribution < 1.29 is 28.6 Å². The maximum absolute atomic E-state index is 11.6. The molecule has 0 heterocycles. The lowest BCUT2D eigenvalue weighted by Crippen LogP contribution is -2.01. The first-order valence-electron chi connectivity index (χ1n) is 10.8. The first kappa shape index (κ1) is 27.0. The van der Waals surface area contributed by atoms with Gasteiger partial charge in [-0.15, -0.1) is 9.35 Å². The molecular weight excluding hydrogens is 367 g/mol. The van der Waals surface area contributed by atoms with Gasteiger partial charge < -0.3 is 0 Å². The molecule has 0 unspecified atom stereocenters. The summed E-state index contributed by atoms with van der Waals surface area (Å²) >= 11 is 0. The minimum Gasteiger partial charge on any atom is -0.299 e. The van der Waals surface area contributed by atoms with Crippen molar-refractivity contribution in [3.8, 4) is 0 Å². The highest BCUT2D eigenvalue weighted by atomic mass is 31.2. The number of phosphoric acid groups is 1. The molecule has 0 aromatic heterocycles. The fourth-order valence-corrected chi connectivity index (χ4v) is 3.15. The van der Waals surface area contributed by atoms with Crippen molar-refractivity contribution in [1.29, 1.82) is 0 Å². The van der Waals surface area contributed by atoms with Crippen LogP contribution in [0.3, 0.4) is 0 Å². The predicted octanol–water partition coefficient (Wildman–Crippen LogP) is 6.98. The molecule has 0 aliphatic rings. The summed E-state index contributed by atoms with van der Waals surface area (Å²) in [4.78, 5) is 19.0. The van der Waals surface area contributed by atoms with Gasteiger partial charge in [-0.3, -0.25) is 4.89 Å². The Morgan fingerprint density at radius 2 is 0.963 bits per heavy atom. The van der Waals surface area contributed by atoms with Crippen molar-refractivity contribution in [3.63, 3.8) is 0 Å². The Morgan fingerprint density at radius 1 is 0.630 bits per heavy atom. The minimum absolute atomic E-state index is 0.272. The normalized spacial score (nSPS) is 12.4. The Labute approximate surface area is 166 Å². The molecule has 0 atom stereocenters. The Morgan fingerprint density at radius 3 is 1.33 bits per heavy atom. The van der Waals surface area contributed by atoms with Gasteiger partial charge in [-0.25, -0.2) is 14.3 Å². The summed E-state index contributed by atoms with van der Waals surface area (Å²) in [6.45, 7) is 9.49. The van der Waals surface area contributed by atoms with E-state index in [1.165, 1.54) is 38.5 Å². The molecule has 7 heteroatoms. The molecule has 0 spiro atoms. The summed E-state index contributed by atoms with van der Waals surface area (Å²) in [7, 11) is -4.29. The van der Waals surface area contributed by atoms with Crippen LogP contribution in [0.25, 0.3) is 0 Å². The van der Waals surface area contributed by atoms with Gasteiger partial charge in [-0.2, -0.15) is 0 Å². The topological polar surface area (TPSA) is 74.2 Å². The second kappa shape index (κ2) is 18.1. The fourth-order valence-electron chi connectivity index (χ4n) is 2.71. The molecular formula is C20H43O6P. The van der Waals surface area contributed by atoms with Crippen LogP contribution >= 0.6 is 7.82 Å². The lowest BCUT2D eigenvalue weighted by molar-refractivity contribution is -0.279. The molecule has 0 saturated heterocycles. The van der Waals surface area contributed by atoms with Gasteiger partial charge in [-0.05, 0) is 24.7 Å². The standard InChI is InChI=1S/C20H43O6P/c1-19(2)15-11-7-5-9-13-17-23-25-27(21,22)26-24-18-14-10-6-8-12-16-20(3)4/h19-20H,5-18H2,1-4H3,(H,21,22). The third-order valence-electron chi connectivity index (χ3n) is 4.31. The largest absolute Gasteiger partial charge is 0.526 e. The maximum Gasteiger partial charge on any atom is 0.526 e. The first-order chi connectivity index (χ1) is 12.8. The Hall–Kier alpha value is 0.0300. The van der Waals surface area contributed by atoms with Crippen LogP contribution < -0.4 is 0 Å². The number of rotatable bonds is 20. The minimum atomic E-state index is -4.29. The molecule has 0 radical (unpaired) electrons. The molecule has 0 aliphatic heterocycles. The number of unbranched alkanes of at least 4 members (excludes halogenated alkanes) is 8.